The highest BCUT2D eigenvalue weighted by molar-refractivity contribution is 5.94. The van der Waals surface area contributed by atoms with Gasteiger partial charge >= 0.3 is 0 Å². The third-order valence-electron chi connectivity index (χ3n) is 6.00. The lowest BCUT2D eigenvalue weighted by molar-refractivity contribution is -0.116. The molecule has 0 saturated heterocycles. The average molecular weight is 436 g/mol. The molecule has 0 fully saturated rings. The molecular formula is C28H25N3O2. The van der Waals surface area contributed by atoms with Crippen molar-refractivity contribution in [3.8, 4) is 22.5 Å². The Bertz CT molecular complexity index is 1290. The number of nitrogens with one attached hydrogen (secondary N) is 1. The second kappa shape index (κ2) is 9.35. The maximum atomic E-state index is 12.8. The van der Waals surface area contributed by atoms with E-state index in [1.807, 2.05) is 78.9 Å². The minimum absolute atomic E-state index is 0.0228. The van der Waals surface area contributed by atoms with Crippen molar-refractivity contribution in [3.63, 3.8) is 0 Å². The molecule has 0 bridgehead atoms. The second-order valence-corrected chi connectivity index (χ2v) is 8.27. The highest BCUT2D eigenvalue weighted by Gasteiger charge is 2.23. The first kappa shape index (κ1) is 21.0. The van der Waals surface area contributed by atoms with E-state index in [1.165, 1.54) is 5.56 Å². The molecule has 2 N–H and O–H groups in total. The van der Waals surface area contributed by atoms with Crippen LogP contribution in [-0.4, -0.2) is 21.0 Å². The molecule has 5 rings (SSSR count). The van der Waals surface area contributed by atoms with Crippen molar-refractivity contribution in [1.82, 2.24) is 9.97 Å². The van der Waals surface area contributed by atoms with Gasteiger partial charge < -0.3 is 10.4 Å². The van der Waals surface area contributed by atoms with Gasteiger partial charge in [0.2, 0.25) is 5.91 Å². The first-order chi connectivity index (χ1) is 16.2. The topological polar surface area (TPSA) is 75.1 Å². The first-order valence-corrected chi connectivity index (χ1v) is 11.2. The number of hydrogen-bond donors (Lipinski definition) is 2. The molecule has 0 unspecified atom stereocenters. The number of anilines is 1. The number of hydrogen-bond acceptors (Lipinski definition) is 4. The lowest BCUT2D eigenvalue weighted by atomic mass is 9.90. The fourth-order valence-electron chi connectivity index (χ4n) is 4.28. The molecule has 0 atom stereocenters. The quantitative estimate of drug-likeness (QED) is 0.448. The SMILES string of the molecule is O=C(CCc1ccccc1)Nc1nc2c(nc1-c1ccccc1)-c1ccc(CO)cc1CC2. The minimum Gasteiger partial charge on any atom is -0.392 e. The molecule has 0 radical (unpaired) electrons. The highest BCUT2D eigenvalue weighted by Crippen LogP contribution is 2.36. The van der Waals surface area contributed by atoms with Gasteiger partial charge in [0, 0.05) is 17.5 Å². The van der Waals surface area contributed by atoms with Crippen molar-refractivity contribution < 1.29 is 9.90 Å². The summed E-state index contributed by atoms with van der Waals surface area (Å²) < 4.78 is 0. The van der Waals surface area contributed by atoms with Gasteiger partial charge in [0.15, 0.2) is 5.82 Å². The monoisotopic (exact) mass is 435 g/mol. The molecular weight excluding hydrogens is 410 g/mol. The second-order valence-electron chi connectivity index (χ2n) is 8.27. The molecule has 5 nitrogen and oxygen atoms in total. The van der Waals surface area contributed by atoms with Crippen LogP contribution in [0.2, 0.25) is 0 Å². The normalized spacial score (nSPS) is 12.0. The van der Waals surface area contributed by atoms with Crippen molar-refractivity contribution in [2.24, 2.45) is 0 Å². The minimum atomic E-state index is -0.0749. The van der Waals surface area contributed by atoms with Gasteiger partial charge in [-0.3, -0.25) is 4.79 Å². The van der Waals surface area contributed by atoms with Crippen LogP contribution in [-0.2, 0) is 30.7 Å². The summed E-state index contributed by atoms with van der Waals surface area (Å²) in [6.07, 6.45) is 2.62. The molecule has 1 aliphatic rings. The summed E-state index contributed by atoms with van der Waals surface area (Å²) in [5, 5.41) is 12.5. The van der Waals surface area contributed by atoms with Crippen LogP contribution in [0.3, 0.4) is 0 Å². The van der Waals surface area contributed by atoms with E-state index in [0.717, 1.165) is 46.5 Å². The molecule has 0 spiro atoms. The smallest absolute Gasteiger partial charge is 0.225 e. The maximum Gasteiger partial charge on any atom is 0.225 e. The summed E-state index contributed by atoms with van der Waals surface area (Å²) >= 11 is 0. The molecule has 1 amide bonds. The summed E-state index contributed by atoms with van der Waals surface area (Å²) in [6, 6.07) is 25.8. The maximum absolute atomic E-state index is 12.8. The number of aliphatic hydroxyl groups excluding tert-OH is 1. The summed E-state index contributed by atoms with van der Waals surface area (Å²) in [5.74, 6) is 0.433. The van der Waals surface area contributed by atoms with Gasteiger partial charge in [-0.1, -0.05) is 78.9 Å². The van der Waals surface area contributed by atoms with Crippen LogP contribution in [0.5, 0.6) is 0 Å². The van der Waals surface area contributed by atoms with Crippen molar-refractivity contribution in [3.05, 3.63) is 101 Å². The van der Waals surface area contributed by atoms with Crippen molar-refractivity contribution in [2.45, 2.75) is 32.3 Å². The van der Waals surface area contributed by atoms with Crippen molar-refractivity contribution in [1.29, 1.82) is 0 Å². The number of carbonyl (C=O) groups is 1. The van der Waals surface area contributed by atoms with Gasteiger partial charge in [-0.05, 0) is 36.0 Å². The number of carbonyl (C=O) groups excluding carboxylic acids is 1. The molecule has 0 saturated carbocycles. The van der Waals surface area contributed by atoms with E-state index in [2.05, 4.69) is 5.32 Å². The van der Waals surface area contributed by atoms with Gasteiger partial charge in [-0.2, -0.15) is 0 Å². The number of amides is 1. The Hall–Kier alpha value is -3.83. The molecule has 1 aliphatic carbocycles. The molecule has 3 aromatic carbocycles. The van der Waals surface area contributed by atoms with Crippen molar-refractivity contribution in [2.75, 3.05) is 5.32 Å². The molecule has 0 aliphatic heterocycles. The zero-order valence-electron chi connectivity index (χ0n) is 18.3. The molecule has 1 heterocycles. The molecule has 1 aromatic heterocycles. The Kier molecular flexibility index (Phi) is 5.96. The van der Waals surface area contributed by atoms with E-state index < -0.39 is 0 Å². The first-order valence-electron chi connectivity index (χ1n) is 11.2. The predicted octanol–water partition coefficient (Wildman–Crippen LogP) is 4.97. The van der Waals surface area contributed by atoms with E-state index in [1.54, 1.807) is 0 Å². The molecule has 164 valence electrons. The van der Waals surface area contributed by atoms with Crippen LogP contribution in [0.15, 0.2) is 78.9 Å². The lowest BCUT2D eigenvalue weighted by Crippen LogP contribution is -2.17. The van der Waals surface area contributed by atoms with E-state index in [4.69, 9.17) is 9.97 Å². The summed E-state index contributed by atoms with van der Waals surface area (Å²) in [5.41, 5.74) is 7.55. The predicted molar refractivity (Wildman–Crippen MR) is 130 cm³/mol. The molecule has 5 heteroatoms. The Balaban J connectivity index is 1.49. The van der Waals surface area contributed by atoms with E-state index in [0.29, 0.717) is 24.4 Å². The van der Waals surface area contributed by atoms with Gasteiger partial charge in [0.1, 0.15) is 5.69 Å². The van der Waals surface area contributed by atoms with Gasteiger partial charge in [-0.15, -0.1) is 0 Å². The Morgan fingerprint density at radius 2 is 1.61 bits per heavy atom. The summed E-state index contributed by atoms with van der Waals surface area (Å²) in [7, 11) is 0. The van der Waals surface area contributed by atoms with Crippen LogP contribution in [0, 0.1) is 0 Å². The number of aromatic nitrogens is 2. The Morgan fingerprint density at radius 1 is 0.848 bits per heavy atom. The molecule has 33 heavy (non-hydrogen) atoms. The van der Waals surface area contributed by atoms with Crippen LogP contribution >= 0.6 is 0 Å². The highest BCUT2D eigenvalue weighted by atomic mass is 16.3. The van der Waals surface area contributed by atoms with Crippen LogP contribution in [0.1, 0.15) is 28.8 Å². The third kappa shape index (κ3) is 4.54. The summed E-state index contributed by atoms with van der Waals surface area (Å²) in [4.78, 5) is 22.7. The standard InChI is InChI=1S/C28H25N3O2/c32-18-20-11-14-23-22(17-20)13-15-24-27(23)31-26(21-9-5-2-6-10-21)28(29-24)30-25(33)16-12-19-7-3-1-4-8-19/h1-11,14,17,32H,12-13,15-16,18H2,(H,29,30,33). The molecule has 4 aromatic rings. The average Bonchev–Trinajstić information content (AvgIpc) is 2.87. The lowest BCUT2D eigenvalue weighted by Gasteiger charge is -2.21. The largest absolute Gasteiger partial charge is 0.392 e. The number of fused-ring (bicyclic) bond motifs is 3. The van der Waals surface area contributed by atoms with Crippen LogP contribution < -0.4 is 5.32 Å². The Morgan fingerprint density at radius 3 is 2.36 bits per heavy atom. The van der Waals surface area contributed by atoms with Crippen molar-refractivity contribution >= 4 is 11.7 Å². The van der Waals surface area contributed by atoms with E-state index >= 15 is 0 Å². The third-order valence-corrected chi connectivity index (χ3v) is 6.00. The van der Waals surface area contributed by atoms with E-state index in [-0.39, 0.29) is 12.5 Å². The van der Waals surface area contributed by atoms with Crippen LogP contribution in [0.4, 0.5) is 5.82 Å². The number of benzene rings is 3. The van der Waals surface area contributed by atoms with Gasteiger partial charge in [0.25, 0.3) is 0 Å². The fourth-order valence-corrected chi connectivity index (χ4v) is 4.28. The van der Waals surface area contributed by atoms with Crippen LogP contribution in [0.25, 0.3) is 22.5 Å². The number of aryl methyl sites for hydroxylation is 3. The number of aliphatic hydroxyl groups is 1. The number of nitrogens with zero attached hydrogens (tertiary/aromatic N) is 2. The summed E-state index contributed by atoms with van der Waals surface area (Å²) in [6.45, 7) is 0.0228. The zero-order chi connectivity index (χ0) is 22.6. The van der Waals surface area contributed by atoms with Gasteiger partial charge in [0.05, 0.1) is 18.0 Å². The zero-order valence-corrected chi connectivity index (χ0v) is 18.3. The fraction of sp³-hybridized carbons (Fsp3) is 0.179. The van der Waals surface area contributed by atoms with Gasteiger partial charge in [-0.25, -0.2) is 9.97 Å². The Labute approximate surface area is 193 Å². The number of rotatable bonds is 6. The van der Waals surface area contributed by atoms with E-state index in [9.17, 15) is 9.90 Å².